The number of nitrogens with zero attached hydrogens (tertiary/aromatic N) is 3. The number of aromatic amines is 1. The first-order chi connectivity index (χ1) is 9.24. The van der Waals surface area contributed by atoms with E-state index in [0.717, 1.165) is 11.9 Å². The van der Waals surface area contributed by atoms with Gasteiger partial charge in [0.15, 0.2) is 5.65 Å². The predicted octanol–water partition coefficient (Wildman–Crippen LogP) is 0.760. The fraction of sp³-hybridized carbons (Fsp3) is 0.455. The maximum atomic E-state index is 11.1. The molecule has 0 fully saturated rings. The van der Waals surface area contributed by atoms with Crippen molar-refractivity contribution in [3.05, 3.63) is 6.20 Å². The predicted molar refractivity (Wildman–Crippen MR) is 71.0 cm³/mol. The smallest absolute Gasteiger partial charge is 0.307 e. The number of aromatic nitrogens is 4. The molecule has 0 aliphatic carbocycles. The molecule has 0 aromatic carbocycles. The summed E-state index contributed by atoms with van der Waals surface area (Å²) in [6, 6.07) is 0. The van der Waals surface area contributed by atoms with E-state index >= 15 is 0 Å². The Morgan fingerprint density at radius 3 is 3.00 bits per heavy atom. The van der Waals surface area contributed by atoms with Gasteiger partial charge in [0.25, 0.3) is 0 Å². The van der Waals surface area contributed by atoms with Crippen LogP contribution in [0.15, 0.2) is 6.20 Å². The van der Waals surface area contributed by atoms with E-state index in [4.69, 9.17) is 0 Å². The first-order valence-corrected chi connectivity index (χ1v) is 6.00. The van der Waals surface area contributed by atoms with Crippen LogP contribution in [0.3, 0.4) is 0 Å². The van der Waals surface area contributed by atoms with Crippen LogP contribution in [-0.4, -0.2) is 46.3 Å². The molecule has 102 valence electrons. The van der Waals surface area contributed by atoms with Gasteiger partial charge in [0.2, 0.25) is 5.95 Å². The standard InChI is InChI=1S/C11H16N6O2/c1-3-12-11-15-9(13-5-4-8(18)19-2)7-6-14-17-10(7)16-11/h6H,3-5H2,1-2H3,(H3,12,13,14,15,16,17). The lowest BCUT2D eigenvalue weighted by Gasteiger charge is -2.08. The molecule has 2 aromatic heterocycles. The molecular weight excluding hydrogens is 248 g/mol. The molecule has 8 heteroatoms. The van der Waals surface area contributed by atoms with E-state index < -0.39 is 0 Å². The fourth-order valence-electron chi connectivity index (χ4n) is 1.59. The van der Waals surface area contributed by atoms with E-state index in [1.54, 1.807) is 6.20 Å². The van der Waals surface area contributed by atoms with Crippen molar-refractivity contribution in [3.8, 4) is 0 Å². The molecule has 8 nitrogen and oxygen atoms in total. The Hall–Kier alpha value is -2.38. The van der Waals surface area contributed by atoms with E-state index in [-0.39, 0.29) is 12.4 Å². The number of fused-ring (bicyclic) bond motifs is 1. The number of H-pyrrole nitrogens is 1. The highest BCUT2D eigenvalue weighted by Gasteiger charge is 2.09. The van der Waals surface area contributed by atoms with Crippen molar-refractivity contribution in [1.29, 1.82) is 0 Å². The molecule has 0 spiro atoms. The van der Waals surface area contributed by atoms with E-state index in [2.05, 4.69) is 35.5 Å². The Bertz CT molecular complexity index is 567. The van der Waals surface area contributed by atoms with Gasteiger partial charge in [-0.15, -0.1) is 0 Å². The number of carbonyl (C=O) groups is 1. The van der Waals surface area contributed by atoms with Gasteiger partial charge in [-0.2, -0.15) is 15.1 Å². The highest BCUT2D eigenvalue weighted by Crippen LogP contribution is 2.19. The minimum absolute atomic E-state index is 0.267. The second-order valence-corrected chi connectivity index (χ2v) is 3.81. The third kappa shape index (κ3) is 3.09. The molecule has 3 N–H and O–H groups in total. The van der Waals surface area contributed by atoms with Gasteiger partial charge in [0, 0.05) is 13.1 Å². The minimum atomic E-state index is -0.267. The van der Waals surface area contributed by atoms with Crippen molar-refractivity contribution in [3.63, 3.8) is 0 Å². The lowest BCUT2D eigenvalue weighted by Crippen LogP contribution is -2.12. The van der Waals surface area contributed by atoms with Crippen LogP contribution >= 0.6 is 0 Å². The van der Waals surface area contributed by atoms with Crippen LogP contribution < -0.4 is 10.6 Å². The van der Waals surface area contributed by atoms with Crippen LogP contribution in [0.1, 0.15) is 13.3 Å². The van der Waals surface area contributed by atoms with Crippen LogP contribution in [0.4, 0.5) is 11.8 Å². The Labute approximate surface area is 110 Å². The number of anilines is 2. The number of rotatable bonds is 6. The van der Waals surface area contributed by atoms with Crippen LogP contribution in [0, 0.1) is 0 Å². The number of hydrogen-bond donors (Lipinski definition) is 3. The number of hydrogen-bond acceptors (Lipinski definition) is 7. The topological polar surface area (TPSA) is 105 Å². The minimum Gasteiger partial charge on any atom is -0.469 e. The van der Waals surface area contributed by atoms with Crippen molar-refractivity contribution >= 4 is 28.8 Å². The summed E-state index contributed by atoms with van der Waals surface area (Å²) in [6.45, 7) is 3.13. The molecule has 2 rings (SSSR count). The normalized spacial score (nSPS) is 10.4. The zero-order valence-electron chi connectivity index (χ0n) is 10.9. The summed E-state index contributed by atoms with van der Waals surface area (Å²) in [5, 5.41) is 13.6. The van der Waals surface area contributed by atoms with Crippen LogP contribution in [0.5, 0.6) is 0 Å². The summed E-state index contributed by atoms with van der Waals surface area (Å²) >= 11 is 0. The van der Waals surface area contributed by atoms with Gasteiger partial charge in [-0.1, -0.05) is 0 Å². The van der Waals surface area contributed by atoms with Gasteiger partial charge in [-0.3, -0.25) is 9.89 Å². The average Bonchev–Trinajstić information content (AvgIpc) is 2.87. The monoisotopic (exact) mass is 264 g/mol. The van der Waals surface area contributed by atoms with Gasteiger partial charge in [0.1, 0.15) is 5.82 Å². The molecule has 0 aliphatic heterocycles. The summed E-state index contributed by atoms with van der Waals surface area (Å²) in [5.74, 6) is 0.885. The largest absolute Gasteiger partial charge is 0.469 e. The Kier molecular flexibility index (Phi) is 4.11. The number of methoxy groups -OCH3 is 1. The number of ether oxygens (including phenoxy) is 1. The molecule has 2 heterocycles. The maximum Gasteiger partial charge on any atom is 0.307 e. The Morgan fingerprint density at radius 2 is 2.26 bits per heavy atom. The maximum absolute atomic E-state index is 11.1. The van der Waals surface area contributed by atoms with E-state index in [1.807, 2.05) is 6.92 Å². The molecular formula is C11H16N6O2. The van der Waals surface area contributed by atoms with Crippen LogP contribution in [0.2, 0.25) is 0 Å². The first kappa shape index (κ1) is 13.1. The fourth-order valence-corrected chi connectivity index (χ4v) is 1.59. The van der Waals surface area contributed by atoms with E-state index in [9.17, 15) is 4.79 Å². The van der Waals surface area contributed by atoms with E-state index in [1.165, 1.54) is 7.11 Å². The average molecular weight is 264 g/mol. The molecule has 2 aromatic rings. The molecule has 0 aliphatic rings. The summed E-state index contributed by atoms with van der Waals surface area (Å²) in [5.41, 5.74) is 0.645. The third-order valence-electron chi connectivity index (χ3n) is 2.49. The zero-order valence-corrected chi connectivity index (χ0v) is 10.9. The summed E-state index contributed by atoms with van der Waals surface area (Å²) in [7, 11) is 1.37. The van der Waals surface area contributed by atoms with E-state index in [0.29, 0.717) is 24.0 Å². The van der Waals surface area contributed by atoms with Crippen LogP contribution in [-0.2, 0) is 9.53 Å². The van der Waals surface area contributed by atoms with Crippen molar-refractivity contribution in [2.75, 3.05) is 30.8 Å². The van der Waals surface area contributed by atoms with Gasteiger partial charge in [0.05, 0.1) is 25.1 Å². The molecule has 0 bridgehead atoms. The quantitative estimate of drug-likeness (QED) is 0.661. The molecule has 0 saturated heterocycles. The van der Waals surface area contributed by atoms with Crippen molar-refractivity contribution < 1.29 is 9.53 Å². The molecule has 19 heavy (non-hydrogen) atoms. The Morgan fingerprint density at radius 1 is 1.42 bits per heavy atom. The summed E-state index contributed by atoms with van der Waals surface area (Å²) in [4.78, 5) is 19.7. The number of carbonyl (C=O) groups excluding carboxylic acids is 1. The first-order valence-electron chi connectivity index (χ1n) is 6.00. The third-order valence-corrected chi connectivity index (χ3v) is 2.49. The zero-order chi connectivity index (χ0) is 13.7. The molecule has 0 saturated carbocycles. The number of nitrogens with one attached hydrogen (secondary N) is 3. The van der Waals surface area contributed by atoms with Crippen molar-refractivity contribution in [1.82, 2.24) is 20.2 Å². The SMILES string of the molecule is CCNc1nc(NCCC(=O)OC)c2cn[nH]c2n1. The second kappa shape index (κ2) is 5.98. The highest BCUT2D eigenvalue weighted by molar-refractivity contribution is 5.87. The summed E-state index contributed by atoms with van der Waals surface area (Å²) < 4.78 is 4.58. The lowest BCUT2D eigenvalue weighted by molar-refractivity contribution is -0.140. The highest BCUT2D eigenvalue weighted by atomic mass is 16.5. The molecule has 0 amide bonds. The van der Waals surface area contributed by atoms with Gasteiger partial charge in [-0.25, -0.2) is 0 Å². The molecule has 0 unspecified atom stereocenters. The van der Waals surface area contributed by atoms with Crippen molar-refractivity contribution in [2.24, 2.45) is 0 Å². The van der Waals surface area contributed by atoms with Gasteiger partial charge < -0.3 is 15.4 Å². The Balaban J connectivity index is 2.15. The van der Waals surface area contributed by atoms with Gasteiger partial charge >= 0.3 is 5.97 Å². The molecule has 0 atom stereocenters. The lowest BCUT2D eigenvalue weighted by atomic mass is 10.3. The van der Waals surface area contributed by atoms with Gasteiger partial charge in [-0.05, 0) is 6.92 Å². The summed E-state index contributed by atoms with van der Waals surface area (Å²) in [6.07, 6.45) is 1.92. The molecule has 0 radical (unpaired) electrons. The second-order valence-electron chi connectivity index (χ2n) is 3.81. The number of esters is 1. The van der Waals surface area contributed by atoms with Crippen LogP contribution in [0.25, 0.3) is 11.0 Å². The van der Waals surface area contributed by atoms with Crippen molar-refractivity contribution in [2.45, 2.75) is 13.3 Å².